The first kappa shape index (κ1) is 18.4. The van der Waals surface area contributed by atoms with Crippen LogP contribution >= 0.6 is 24.0 Å². The Bertz CT molecular complexity index is 372. The number of allylic oxidation sites excluding steroid dienone is 1. The van der Waals surface area contributed by atoms with Gasteiger partial charge in [-0.3, -0.25) is 0 Å². The van der Waals surface area contributed by atoms with Gasteiger partial charge in [0.1, 0.15) is 12.2 Å². The topological polar surface area (TPSA) is 54.0 Å². The van der Waals surface area contributed by atoms with E-state index in [0.29, 0.717) is 24.0 Å². The Morgan fingerprint density at radius 1 is 1.52 bits per heavy atom. The van der Waals surface area contributed by atoms with Crippen LogP contribution in [0.25, 0.3) is 0 Å². The summed E-state index contributed by atoms with van der Waals surface area (Å²) in [6.07, 6.45) is 5.94. The van der Waals surface area contributed by atoms with E-state index in [9.17, 15) is 4.79 Å². The van der Waals surface area contributed by atoms with Crippen molar-refractivity contribution in [2.45, 2.75) is 45.2 Å². The van der Waals surface area contributed by atoms with Gasteiger partial charge >= 0.3 is 5.97 Å². The number of carbonyl (C=O) groups excluding carboxylic acids is 1. The van der Waals surface area contributed by atoms with Crippen molar-refractivity contribution in [1.82, 2.24) is 0 Å². The molecule has 0 aromatic heterocycles. The lowest BCUT2D eigenvalue weighted by molar-refractivity contribution is -0.240. The van der Waals surface area contributed by atoms with E-state index < -0.39 is 0 Å². The lowest BCUT2D eigenvalue weighted by atomic mass is 10.1. The van der Waals surface area contributed by atoms with Gasteiger partial charge in [-0.1, -0.05) is 17.8 Å². The summed E-state index contributed by atoms with van der Waals surface area (Å²) in [7, 11) is 0. The average molecular weight is 334 g/mol. The SMILES string of the molecule is CCOC(=O)/C=C/CC[C@H]1O[C@@H](C)OC[C@H]1OC(=S)SC. The second kappa shape index (κ2) is 10.2. The van der Waals surface area contributed by atoms with Crippen LogP contribution in [0.2, 0.25) is 0 Å². The Labute approximate surface area is 135 Å². The van der Waals surface area contributed by atoms with E-state index >= 15 is 0 Å². The van der Waals surface area contributed by atoms with Gasteiger partial charge in [-0.15, -0.1) is 0 Å². The summed E-state index contributed by atoms with van der Waals surface area (Å²) in [5.74, 6) is -0.324. The number of thioether (sulfide) groups is 1. The number of hydrogen-bond acceptors (Lipinski definition) is 7. The van der Waals surface area contributed by atoms with E-state index in [0.717, 1.165) is 6.42 Å². The molecule has 5 nitrogen and oxygen atoms in total. The van der Waals surface area contributed by atoms with Crippen molar-refractivity contribution in [2.24, 2.45) is 0 Å². The molecule has 0 amide bonds. The number of hydrogen-bond donors (Lipinski definition) is 0. The van der Waals surface area contributed by atoms with E-state index in [4.69, 9.17) is 31.2 Å². The second-order valence-electron chi connectivity index (χ2n) is 4.42. The lowest BCUT2D eigenvalue weighted by Crippen LogP contribution is -2.44. The third-order valence-electron chi connectivity index (χ3n) is 2.85. The van der Waals surface area contributed by atoms with Crippen LogP contribution in [0.15, 0.2) is 12.2 Å². The first-order valence-electron chi connectivity index (χ1n) is 6.91. The van der Waals surface area contributed by atoms with Crippen LogP contribution in [0, 0.1) is 0 Å². The van der Waals surface area contributed by atoms with Gasteiger partial charge in [0.15, 0.2) is 6.29 Å². The summed E-state index contributed by atoms with van der Waals surface area (Å²) in [4.78, 5) is 11.2. The minimum atomic E-state index is -0.324. The van der Waals surface area contributed by atoms with Crippen molar-refractivity contribution in [3.63, 3.8) is 0 Å². The fourth-order valence-electron chi connectivity index (χ4n) is 1.88. The molecular weight excluding hydrogens is 312 g/mol. The normalized spacial score (nSPS) is 25.8. The predicted molar refractivity (Wildman–Crippen MR) is 86.3 cm³/mol. The lowest BCUT2D eigenvalue weighted by Gasteiger charge is -2.35. The van der Waals surface area contributed by atoms with Crippen LogP contribution in [-0.2, 0) is 23.7 Å². The molecule has 21 heavy (non-hydrogen) atoms. The van der Waals surface area contributed by atoms with Gasteiger partial charge in [0, 0.05) is 6.08 Å². The summed E-state index contributed by atoms with van der Waals surface area (Å²) in [5.41, 5.74) is 0. The van der Waals surface area contributed by atoms with Gasteiger partial charge in [0.05, 0.1) is 13.2 Å². The van der Waals surface area contributed by atoms with Gasteiger partial charge in [0.2, 0.25) is 4.38 Å². The van der Waals surface area contributed by atoms with Gasteiger partial charge in [-0.2, -0.15) is 0 Å². The molecule has 0 unspecified atom stereocenters. The van der Waals surface area contributed by atoms with Crippen LogP contribution in [0.1, 0.15) is 26.7 Å². The monoisotopic (exact) mass is 334 g/mol. The number of ether oxygens (including phenoxy) is 4. The molecule has 1 heterocycles. The minimum absolute atomic E-state index is 0.106. The number of rotatable bonds is 6. The number of thiocarbonyl (C=S) groups is 1. The van der Waals surface area contributed by atoms with E-state index in [2.05, 4.69) is 0 Å². The molecule has 0 aromatic carbocycles. The van der Waals surface area contributed by atoms with Crippen molar-refractivity contribution >= 4 is 34.3 Å². The third-order valence-corrected chi connectivity index (χ3v) is 3.87. The average Bonchev–Trinajstić information content (AvgIpc) is 2.46. The highest BCUT2D eigenvalue weighted by atomic mass is 32.2. The third kappa shape index (κ3) is 7.26. The van der Waals surface area contributed by atoms with Gasteiger partial charge in [-0.05, 0) is 45.2 Å². The van der Waals surface area contributed by atoms with Crippen molar-refractivity contribution < 1.29 is 23.7 Å². The molecular formula is C14H22O5S2. The summed E-state index contributed by atoms with van der Waals surface area (Å²) in [6.45, 7) is 4.46. The largest absolute Gasteiger partial charge is 0.470 e. The molecule has 0 bridgehead atoms. The molecule has 120 valence electrons. The quantitative estimate of drug-likeness (QED) is 0.420. The zero-order chi connectivity index (χ0) is 15.7. The molecule has 1 aliphatic heterocycles. The maximum absolute atomic E-state index is 11.2. The smallest absolute Gasteiger partial charge is 0.330 e. The maximum atomic E-state index is 11.2. The minimum Gasteiger partial charge on any atom is -0.470 e. The van der Waals surface area contributed by atoms with Crippen LogP contribution in [0.3, 0.4) is 0 Å². The highest BCUT2D eigenvalue weighted by molar-refractivity contribution is 8.22. The summed E-state index contributed by atoms with van der Waals surface area (Å²) >= 11 is 6.45. The number of carbonyl (C=O) groups is 1. The first-order chi connectivity index (χ1) is 10.1. The Balaban J connectivity index is 2.43. The summed E-state index contributed by atoms with van der Waals surface area (Å²) < 4.78 is 22.1. The van der Waals surface area contributed by atoms with Crippen LogP contribution in [-0.4, -0.2) is 48.3 Å². The van der Waals surface area contributed by atoms with Gasteiger partial charge in [-0.25, -0.2) is 4.79 Å². The van der Waals surface area contributed by atoms with Gasteiger partial charge < -0.3 is 18.9 Å². The molecule has 7 heteroatoms. The molecule has 0 spiro atoms. The Kier molecular flexibility index (Phi) is 8.91. The van der Waals surface area contributed by atoms with E-state index in [1.54, 1.807) is 13.0 Å². The predicted octanol–water partition coefficient (Wildman–Crippen LogP) is 2.68. The fraction of sp³-hybridized carbons (Fsp3) is 0.714. The molecule has 1 saturated heterocycles. The molecule has 0 N–H and O–H groups in total. The Hall–Kier alpha value is -0.630. The van der Waals surface area contributed by atoms with E-state index in [-0.39, 0.29) is 24.5 Å². The molecule has 1 fully saturated rings. The highest BCUT2D eigenvalue weighted by Crippen LogP contribution is 2.21. The fourth-order valence-corrected chi connectivity index (χ4v) is 2.22. The van der Waals surface area contributed by atoms with Crippen LogP contribution in [0.4, 0.5) is 0 Å². The molecule has 0 saturated carbocycles. The van der Waals surface area contributed by atoms with Gasteiger partial charge in [0.25, 0.3) is 0 Å². The zero-order valence-electron chi connectivity index (χ0n) is 12.6. The molecule has 0 radical (unpaired) electrons. The summed E-state index contributed by atoms with van der Waals surface area (Å²) in [6, 6.07) is 0. The van der Waals surface area contributed by atoms with E-state index in [1.165, 1.54) is 17.8 Å². The van der Waals surface area contributed by atoms with Crippen molar-refractivity contribution in [2.75, 3.05) is 19.5 Å². The number of esters is 1. The first-order valence-corrected chi connectivity index (χ1v) is 8.55. The zero-order valence-corrected chi connectivity index (χ0v) is 14.2. The molecule has 1 rings (SSSR count). The Morgan fingerprint density at radius 2 is 2.29 bits per heavy atom. The van der Waals surface area contributed by atoms with Crippen LogP contribution < -0.4 is 0 Å². The highest BCUT2D eigenvalue weighted by Gasteiger charge is 2.31. The maximum Gasteiger partial charge on any atom is 0.330 e. The van der Waals surface area contributed by atoms with Crippen molar-refractivity contribution in [1.29, 1.82) is 0 Å². The molecule has 3 atom stereocenters. The summed E-state index contributed by atoms with van der Waals surface area (Å²) in [5, 5.41) is 0. The van der Waals surface area contributed by atoms with E-state index in [1.807, 2.05) is 13.2 Å². The standard InChI is InChI=1S/C14H22O5S2/c1-4-16-13(15)8-6-5-7-11-12(19-14(20)21-3)9-17-10(2)18-11/h6,8,10-12H,4-5,7,9H2,1-3H3/b8-6+/t10-,11+,12+/m0/s1. The Morgan fingerprint density at radius 3 is 2.95 bits per heavy atom. The molecule has 0 aromatic rings. The molecule has 0 aliphatic carbocycles. The van der Waals surface area contributed by atoms with Crippen LogP contribution in [0.5, 0.6) is 0 Å². The van der Waals surface area contributed by atoms with Crippen molar-refractivity contribution in [3.8, 4) is 0 Å². The van der Waals surface area contributed by atoms with Crippen molar-refractivity contribution in [3.05, 3.63) is 12.2 Å². The molecule has 1 aliphatic rings. The second-order valence-corrected chi connectivity index (χ2v) is 5.83.